The maximum absolute atomic E-state index is 2.40. The van der Waals surface area contributed by atoms with Gasteiger partial charge in [-0.05, 0) is 65.8 Å². The molecule has 0 aliphatic carbocycles. The summed E-state index contributed by atoms with van der Waals surface area (Å²) in [7, 11) is -0.758. The molecule has 0 aromatic heterocycles. The van der Waals surface area contributed by atoms with Crippen molar-refractivity contribution in [2.75, 3.05) is 6.66 Å². The largest absolute Gasteiger partial charge is 0.242 e. The Labute approximate surface area is 201 Å². The van der Waals surface area contributed by atoms with Crippen LogP contribution in [0.5, 0.6) is 0 Å². The van der Waals surface area contributed by atoms with Crippen molar-refractivity contribution in [1.29, 1.82) is 0 Å². The number of rotatable bonds is 5. The maximum atomic E-state index is 2.40. The van der Waals surface area contributed by atoms with Crippen molar-refractivity contribution < 1.29 is 0 Å². The summed E-state index contributed by atoms with van der Waals surface area (Å²) >= 11 is 0. The Bertz CT molecular complexity index is 1170. The molecular formula is C31H35BP+. The van der Waals surface area contributed by atoms with Crippen LogP contribution in [0, 0.1) is 41.5 Å². The van der Waals surface area contributed by atoms with Gasteiger partial charge in [0.15, 0.2) is 0 Å². The first-order chi connectivity index (χ1) is 15.8. The molecule has 0 fully saturated rings. The van der Waals surface area contributed by atoms with E-state index in [1.54, 1.807) is 0 Å². The highest BCUT2D eigenvalue weighted by molar-refractivity contribution is 7.72. The van der Waals surface area contributed by atoms with E-state index in [-0.39, 0.29) is 6.71 Å². The molecule has 0 bridgehead atoms. The van der Waals surface area contributed by atoms with Crippen LogP contribution >= 0.6 is 7.92 Å². The molecule has 2 heteroatoms. The smallest absolute Gasteiger partial charge is 0.0683 e. The van der Waals surface area contributed by atoms with E-state index in [1.807, 2.05) is 0 Å². The Morgan fingerprint density at radius 1 is 0.515 bits per heavy atom. The monoisotopic (exact) mass is 449 g/mol. The van der Waals surface area contributed by atoms with Gasteiger partial charge in [-0.3, -0.25) is 0 Å². The second-order valence-electron chi connectivity index (χ2n) is 9.67. The van der Waals surface area contributed by atoms with Crippen LogP contribution in [-0.4, -0.2) is 13.4 Å². The first kappa shape index (κ1) is 23.5. The van der Waals surface area contributed by atoms with Crippen molar-refractivity contribution in [3.05, 3.63) is 112 Å². The second kappa shape index (κ2) is 9.70. The lowest BCUT2D eigenvalue weighted by Gasteiger charge is -2.24. The minimum Gasteiger partial charge on any atom is -0.0683 e. The van der Waals surface area contributed by atoms with Crippen LogP contribution < -0.4 is 27.0 Å². The van der Waals surface area contributed by atoms with E-state index in [1.165, 1.54) is 60.4 Å². The lowest BCUT2D eigenvalue weighted by molar-refractivity contribution is 1.34. The van der Waals surface area contributed by atoms with Crippen molar-refractivity contribution in [2.45, 2.75) is 41.5 Å². The summed E-state index contributed by atoms with van der Waals surface area (Å²) in [6.07, 6.45) is 0. The average molecular weight is 449 g/mol. The average Bonchev–Trinajstić information content (AvgIpc) is 2.77. The fraction of sp³-hybridized carbons (Fsp3) is 0.226. The highest BCUT2D eigenvalue weighted by Crippen LogP contribution is 2.27. The van der Waals surface area contributed by atoms with Crippen LogP contribution in [0.1, 0.15) is 33.4 Å². The van der Waals surface area contributed by atoms with Gasteiger partial charge in [-0.1, -0.05) is 104 Å². The molecule has 0 amide bonds. The molecule has 0 spiro atoms. The topological polar surface area (TPSA) is 0 Å². The second-order valence-corrected chi connectivity index (χ2v) is 12.1. The predicted molar refractivity (Wildman–Crippen MR) is 152 cm³/mol. The molecule has 4 aromatic rings. The summed E-state index contributed by atoms with van der Waals surface area (Å²) in [5.74, 6) is 0. The number of hydrogen-bond acceptors (Lipinski definition) is 0. The Balaban J connectivity index is 1.86. The Morgan fingerprint density at radius 3 is 1.33 bits per heavy atom. The van der Waals surface area contributed by atoms with Crippen molar-refractivity contribution in [3.8, 4) is 0 Å². The van der Waals surface area contributed by atoms with E-state index in [4.69, 9.17) is 0 Å². The zero-order chi connectivity index (χ0) is 23.7. The van der Waals surface area contributed by atoms with E-state index in [9.17, 15) is 0 Å². The van der Waals surface area contributed by atoms with Crippen molar-refractivity contribution in [1.82, 2.24) is 0 Å². The normalized spacial score (nSPS) is 12.0. The van der Waals surface area contributed by atoms with Gasteiger partial charge in [0.05, 0.1) is 25.2 Å². The quantitative estimate of drug-likeness (QED) is 0.302. The first-order valence-corrected chi connectivity index (χ1v) is 13.9. The van der Waals surface area contributed by atoms with E-state index >= 15 is 0 Å². The molecule has 1 atom stereocenters. The van der Waals surface area contributed by atoms with Crippen molar-refractivity contribution in [3.63, 3.8) is 0 Å². The molecule has 1 unspecified atom stereocenters. The van der Waals surface area contributed by atoms with Crippen LogP contribution in [0.2, 0.25) is 0 Å². The molecular weight excluding hydrogens is 414 g/mol. The molecule has 0 saturated carbocycles. The molecule has 4 aromatic carbocycles. The Morgan fingerprint density at radius 2 is 0.909 bits per heavy atom. The van der Waals surface area contributed by atoms with Gasteiger partial charge in [0.2, 0.25) is 6.71 Å². The van der Waals surface area contributed by atoms with E-state index in [0.29, 0.717) is 0 Å². The number of hydrogen-bond donors (Lipinski definition) is 0. The maximum Gasteiger partial charge on any atom is 0.242 e. The minimum absolute atomic E-state index is 0.240. The molecule has 4 rings (SSSR count). The van der Waals surface area contributed by atoms with Gasteiger partial charge in [-0.25, -0.2) is 0 Å². The molecule has 0 aliphatic rings. The van der Waals surface area contributed by atoms with Crippen molar-refractivity contribution in [2.24, 2.45) is 0 Å². The molecule has 0 nitrogen and oxygen atoms in total. The fourth-order valence-corrected chi connectivity index (χ4v) is 7.24. The van der Waals surface area contributed by atoms with E-state index < -0.39 is 7.92 Å². The summed E-state index contributed by atoms with van der Waals surface area (Å²) in [5, 5.41) is 2.92. The Hall–Kier alpha value is -2.63. The third kappa shape index (κ3) is 4.85. The first-order valence-electron chi connectivity index (χ1n) is 11.9. The molecule has 166 valence electrons. The number of benzene rings is 4. The number of aryl methyl sites for hydroxylation is 6. The van der Waals surface area contributed by atoms with Gasteiger partial charge in [0.25, 0.3) is 0 Å². The van der Waals surface area contributed by atoms with Crippen molar-refractivity contribution >= 4 is 41.6 Å². The van der Waals surface area contributed by atoms with Gasteiger partial charge in [-0.15, -0.1) is 0 Å². The minimum atomic E-state index is -0.758. The lowest BCUT2D eigenvalue weighted by Crippen LogP contribution is -2.56. The molecule has 0 aliphatic heterocycles. The molecule has 0 radical (unpaired) electrons. The van der Waals surface area contributed by atoms with Gasteiger partial charge in [0.1, 0.15) is 0 Å². The highest BCUT2D eigenvalue weighted by atomic mass is 31.1. The van der Waals surface area contributed by atoms with Crippen LogP contribution in [-0.2, 0) is 0 Å². The summed E-state index contributed by atoms with van der Waals surface area (Å²) in [5.41, 5.74) is 12.5. The zero-order valence-electron chi connectivity index (χ0n) is 21.1. The predicted octanol–water partition coefficient (Wildman–Crippen LogP) is 4.85. The van der Waals surface area contributed by atoms with Gasteiger partial charge >= 0.3 is 0 Å². The lowest BCUT2D eigenvalue weighted by atomic mass is 9.34. The van der Waals surface area contributed by atoms with Gasteiger partial charge in [0, 0.05) is 0 Å². The molecule has 0 saturated heterocycles. The highest BCUT2D eigenvalue weighted by Gasteiger charge is 2.29. The summed E-state index contributed by atoms with van der Waals surface area (Å²) in [6.45, 7) is 16.1. The third-order valence-electron chi connectivity index (χ3n) is 6.94. The van der Waals surface area contributed by atoms with Crippen LogP contribution in [0.4, 0.5) is 0 Å². The third-order valence-corrected chi connectivity index (χ3v) is 9.34. The summed E-state index contributed by atoms with van der Waals surface area (Å²) in [6, 6.07) is 29.8. The van der Waals surface area contributed by atoms with Crippen LogP contribution in [0.3, 0.4) is 0 Å². The summed E-state index contributed by atoms with van der Waals surface area (Å²) < 4.78 is 0. The molecule has 33 heavy (non-hydrogen) atoms. The SMILES string of the molecule is Cc1cc(C)c(B(c2ccc([PH+](C)c3ccccc3)cc2)c2c(C)cc(C)cc2C)c(C)c1. The van der Waals surface area contributed by atoms with Gasteiger partial charge in [-0.2, -0.15) is 0 Å². The zero-order valence-corrected chi connectivity index (χ0v) is 22.1. The van der Waals surface area contributed by atoms with Crippen LogP contribution in [0.25, 0.3) is 0 Å². The molecule has 0 N–H and O–H groups in total. The molecule has 0 heterocycles. The standard InChI is InChI=1S/C31H34BP/c1-21-17-23(3)30(24(4)18-21)32(31-25(5)19-22(2)20-26(31)6)27-13-15-29(16-14-27)33(7)28-11-9-8-10-12-28/h8-20H,1-7H3/p+1. The van der Waals surface area contributed by atoms with Crippen LogP contribution in [0.15, 0.2) is 78.9 Å². The van der Waals surface area contributed by atoms with E-state index in [2.05, 4.69) is 127 Å². The summed E-state index contributed by atoms with van der Waals surface area (Å²) in [4.78, 5) is 0. The van der Waals surface area contributed by atoms with Gasteiger partial charge < -0.3 is 0 Å². The van der Waals surface area contributed by atoms with E-state index in [0.717, 1.165) is 0 Å². The Kier molecular flexibility index (Phi) is 6.92. The fourth-order valence-electron chi connectivity index (χ4n) is 5.55.